The van der Waals surface area contributed by atoms with Gasteiger partial charge in [-0.15, -0.1) is 0 Å². The molecule has 0 amide bonds. The summed E-state index contributed by atoms with van der Waals surface area (Å²) in [5.74, 6) is 0. The third-order valence-electron chi connectivity index (χ3n) is 3.13. The Bertz CT molecular complexity index is 749. The molecule has 2 aromatic rings. The van der Waals surface area contributed by atoms with Crippen LogP contribution in [0.1, 0.15) is 16.7 Å². The van der Waals surface area contributed by atoms with Crippen molar-refractivity contribution >= 4 is 31.6 Å². The van der Waals surface area contributed by atoms with Crippen LogP contribution >= 0.6 is 15.9 Å². The summed E-state index contributed by atoms with van der Waals surface area (Å²) in [5.41, 5.74) is 2.81. The Morgan fingerprint density at radius 3 is 2.33 bits per heavy atom. The molecule has 0 spiro atoms. The zero-order chi connectivity index (χ0) is 15.6. The first kappa shape index (κ1) is 16.0. The molecular formula is C15H16BrNO3S. The maximum atomic E-state index is 12.5. The summed E-state index contributed by atoms with van der Waals surface area (Å²) in [6, 6.07) is 9.97. The number of rotatable bonds is 4. The molecular weight excluding hydrogens is 354 g/mol. The van der Waals surface area contributed by atoms with Crippen molar-refractivity contribution in [2.24, 2.45) is 0 Å². The van der Waals surface area contributed by atoms with E-state index >= 15 is 0 Å². The minimum absolute atomic E-state index is 0.135. The van der Waals surface area contributed by atoms with Crippen LogP contribution in [0.5, 0.6) is 0 Å². The smallest absolute Gasteiger partial charge is 0.261 e. The molecule has 4 nitrogen and oxygen atoms in total. The second kappa shape index (κ2) is 6.17. The normalized spacial score (nSPS) is 11.4. The molecule has 2 rings (SSSR count). The van der Waals surface area contributed by atoms with Crippen molar-refractivity contribution in [1.82, 2.24) is 0 Å². The van der Waals surface area contributed by atoms with Gasteiger partial charge in [0.25, 0.3) is 10.0 Å². The second-order valence-corrected chi connectivity index (χ2v) is 7.42. The van der Waals surface area contributed by atoms with Crippen LogP contribution in [0.15, 0.2) is 45.8 Å². The topological polar surface area (TPSA) is 66.4 Å². The summed E-state index contributed by atoms with van der Waals surface area (Å²) in [5, 5.41) is 9.12. The Morgan fingerprint density at radius 2 is 1.76 bits per heavy atom. The van der Waals surface area contributed by atoms with Crippen molar-refractivity contribution in [2.45, 2.75) is 25.3 Å². The van der Waals surface area contributed by atoms with Gasteiger partial charge in [0.2, 0.25) is 0 Å². The summed E-state index contributed by atoms with van der Waals surface area (Å²) < 4.78 is 28.4. The molecule has 0 heterocycles. The molecule has 0 radical (unpaired) electrons. The number of halogens is 1. The highest BCUT2D eigenvalue weighted by atomic mass is 79.9. The highest BCUT2D eigenvalue weighted by Gasteiger charge is 2.17. The van der Waals surface area contributed by atoms with Crippen molar-refractivity contribution in [3.63, 3.8) is 0 Å². The lowest BCUT2D eigenvalue weighted by Gasteiger charge is -2.14. The maximum Gasteiger partial charge on any atom is 0.261 e. The van der Waals surface area contributed by atoms with Crippen LogP contribution in [0.25, 0.3) is 0 Å². The van der Waals surface area contributed by atoms with Gasteiger partial charge in [-0.3, -0.25) is 4.72 Å². The van der Waals surface area contributed by atoms with E-state index in [0.29, 0.717) is 11.3 Å². The molecule has 0 saturated carbocycles. The predicted molar refractivity (Wildman–Crippen MR) is 86.8 cm³/mol. The fourth-order valence-corrected chi connectivity index (χ4v) is 4.04. The van der Waals surface area contributed by atoms with Crippen LogP contribution in [-0.2, 0) is 16.6 Å². The van der Waals surface area contributed by atoms with E-state index < -0.39 is 10.0 Å². The predicted octanol–water partition coefficient (Wildman–Crippen LogP) is 3.36. The van der Waals surface area contributed by atoms with Crippen molar-refractivity contribution in [2.75, 3.05) is 4.72 Å². The number of nitrogens with one attached hydrogen (secondary N) is 1. The van der Waals surface area contributed by atoms with Crippen LogP contribution in [-0.4, -0.2) is 13.5 Å². The monoisotopic (exact) mass is 369 g/mol. The van der Waals surface area contributed by atoms with Gasteiger partial charge >= 0.3 is 0 Å². The van der Waals surface area contributed by atoms with Gasteiger partial charge in [0.05, 0.1) is 17.2 Å². The molecule has 0 aliphatic carbocycles. The van der Waals surface area contributed by atoms with Crippen LogP contribution in [0, 0.1) is 13.8 Å². The maximum absolute atomic E-state index is 12.5. The van der Waals surface area contributed by atoms with Gasteiger partial charge in [0.15, 0.2) is 0 Å². The van der Waals surface area contributed by atoms with E-state index in [1.165, 1.54) is 12.1 Å². The summed E-state index contributed by atoms with van der Waals surface area (Å²) in [6.07, 6.45) is 0. The molecule has 0 fully saturated rings. The largest absolute Gasteiger partial charge is 0.392 e. The Labute approximate surface area is 133 Å². The number of hydrogen-bond donors (Lipinski definition) is 2. The van der Waals surface area contributed by atoms with Crippen LogP contribution in [0.2, 0.25) is 0 Å². The molecule has 0 atom stereocenters. The van der Waals surface area contributed by atoms with Gasteiger partial charge < -0.3 is 5.11 Å². The number of hydrogen-bond acceptors (Lipinski definition) is 3. The van der Waals surface area contributed by atoms with E-state index in [1.807, 2.05) is 26.0 Å². The molecule has 112 valence electrons. The minimum atomic E-state index is -3.68. The molecule has 21 heavy (non-hydrogen) atoms. The summed E-state index contributed by atoms with van der Waals surface area (Å²) in [7, 11) is -3.68. The van der Waals surface area contributed by atoms with E-state index in [-0.39, 0.29) is 11.5 Å². The van der Waals surface area contributed by atoms with Crippen molar-refractivity contribution in [3.8, 4) is 0 Å². The number of anilines is 1. The molecule has 2 N–H and O–H groups in total. The number of aliphatic hydroxyl groups is 1. The zero-order valence-electron chi connectivity index (χ0n) is 11.7. The average Bonchev–Trinajstić information content (AvgIpc) is 2.43. The SMILES string of the molecule is Cc1cc(Br)cc(C)c1NS(=O)(=O)c1cccc(CO)c1. The van der Waals surface area contributed by atoms with E-state index in [9.17, 15) is 8.42 Å². The molecule has 0 unspecified atom stereocenters. The quantitative estimate of drug-likeness (QED) is 0.867. The summed E-state index contributed by atoms with van der Waals surface area (Å²) >= 11 is 3.39. The van der Waals surface area contributed by atoms with E-state index in [1.54, 1.807) is 12.1 Å². The lowest BCUT2D eigenvalue weighted by Crippen LogP contribution is -2.15. The average molecular weight is 370 g/mol. The van der Waals surface area contributed by atoms with Gasteiger partial charge in [0.1, 0.15) is 0 Å². The number of sulfonamides is 1. The lowest BCUT2D eigenvalue weighted by atomic mass is 10.1. The third kappa shape index (κ3) is 3.64. The Morgan fingerprint density at radius 1 is 1.14 bits per heavy atom. The van der Waals surface area contributed by atoms with Gasteiger partial charge in [0, 0.05) is 4.47 Å². The Hall–Kier alpha value is -1.37. The molecule has 0 aliphatic heterocycles. The molecule has 2 aromatic carbocycles. The highest BCUT2D eigenvalue weighted by molar-refractivity contribution is 9.10. The van der Waals surface area contributed by atoms with Crippen molar-refractivity contribution in [3.05, 3.63) is 57.6 Å². The van der Waals surface area contributed by atoms with Gasteiger partial charge in [-0.1, -0.05) is 28.1 Å². The third-order valence-corrected chi connectivity index (χ3v) is 4.93. The fraction of sp³-hybridized carbons (Fsp3) is 0.200. The van der Waals surface area contributed by atoms with Crippen molar-refractivity contribution in [1.29, 1.82) is 0 Å². The highest BCUT2D eigenvalue weighted by Crippen LogP contribution is 2.27. The Kier molecular flexibility index (Phi) is 4.70. The van der Waals surface area contributed by atoms with E-state index in [0.717, 1.165) is 15.6 Å². The summed E-state index contributed by atoms with van der Waals surface area (Å²) in [4.78, 5) is 0.135. The van der Waals surface area contributed by atoms with Crippen LogP contribution < -0.4 is 4.72 Å². The first-order valence-corrected chi connectivity index (χ1v) is 8.60. The molecule has 0 aromatic heterocycles. The first-order chi connectivity index (χ1) is 9.83. The standard InChI is InChI=1S/C15H16BrNO3S/c1-10-6-13(16)7-11(2)15(10)17-21(19,20)14-5-3-4-12(8-14)9-18/h3-8,17-18H,9H2,1-2H3. The zero-order valence-corrected chi connectivity index (χ0v) is 14.1. The summed E-state index contributed by atoms with van der Waals surface area (Å²) in [6.45, 7) is 3.50. The van der Waals surface area contributed by atoms with Crippen LogP contribution in [0.3, 0.4) is 0 Å². The molecule has 0 saturated heterocycles. The second-order valence-electron chi connectivity index (χ2n) is 4.83. The number of aliphatic hydroxyl groups excluding tert-OH is 1. The Balaban J connectivity index is 2.42. The first-order valence-electron chi connectivity index (χ1n) is 6.33. The van der Waals surface area contributed by atoms with Gasteiger partial charge in [-0.2, -0.15) is 0 Å². The molecule has 6 heteroatoms. The number of aryl methyl sites for hydroxylation is 2. The van der Waals surface area contributed by atoms with Crippen LogP contribution in [0.4, 0.5) is 5.69 Å². The lowest BCUT2D eigenvalue weighted by molar-refractivity contribution is 0.281. The van der Waals surface area contributed by atoms with Crippen molar-refractivity contribution < 1.29 is 13.5 Å². The van der Waals surface area contributed by atoms with Gasteiger partial charge in [-0.25, -0.2) is 8.42 Å². The van der Waals surface area contributed by atoms with Gasteiger partial charge in [-0.05, 0) is 54.8 Å². The number of benzene rings is 2. The minimum Gasteiger partial charge on any atom is -0.392 e. The molecule has 0 aliphatic rings. The fourth-order valence-electron chi connectivity index (χ4n) is 2.08. The van der Waals surface area contributed by atoms with E-state index in [4.69, 9.17) is 5.11 Å². The van der Waals surface area contributed by atoms with E-state index in [2.05, 4.69) is 20.7 Å². The molecule has 0 bridgehead atoms.